The average molecular weight is 292 g/mol. The molecule has 1 N–H and O–H groups in total. The standard InChI is InChI=1S/C18H16N2O2/c1-13-16(12-17(21)22)18(14-8-4-2-5-9-14)20(19-13)15-10-6-3-7-11-15/h2-11H,12H2,1H3,(H,21,22). The van der Waals surface area contributed by atoms with Crippen LogP contribution in [0.3, 0.4) is 0 Å². The van der Waals surface area contributed by atoms with Crippen LogP contribution in [0.15, 0.2) is 60.7 Å². The van der Waals surface area contributed by atoms with Crippen molar-refractivity contribution < 1.29 is 9.90 Å². The summed E-state index contributed by atoms with van der Waals surface area (Å²) in [7, 11) is 0. The summed E-state index contributed by atoms with van der Waals surface area (Å²) in [4.78, 5) is 11.2. The highest BCUT2D eigenvalue weighted by Crippen LogP contribution is 2.29. The predicted molar refractivity (Wildman–Crippen MR) is 85.1 cm³/mol. The van der Waals surface area contributed by atoms with E-state index in [1.165, 1.54) is 0 Å². The third-order valence-corrected chi connectivity index (χ3v) is 3.56. The number of aliphatic carboxylic acids is 1. The topological polar surface area (TPSA) is 55.1 Å². The Morgan fingerprint density at radius 2 is 1.64 bits per heavy atom. The Kier molecular flexibility index (Phi) is 3.74. The van der Waals surface area contributed by atoms with Crippen molar-refractivity contribution in [2.24, 2.45) is 0 Å². The lowest BCUT2D eigenvalue weighted by Gasteiger charge is -2.09. The Morgan fingerprint density at radius 1 is 1.05 bits per heavy atom. The molecule has 110 valence electrons. The van der Waals surface area contributed by atoms with Crippen LogP contribution in [0.5, 0.6) is 0 Å². The predicted octanol–water partition coefficient (Wildman–Crippen LogP) is 3.47. The van der Waals surface area contributed by atoms with E-state index in [0.717, 1.165) is 28.2 Å². The van der Waals surface area contributed by atoms with E-state index in [9.17, 15) is 9.90 Å². The molecule has 0 bridgehead atoms. The molecule has 0 saturated carbocycles. The van der Waals surface area contributed by atoms with Crippen LogP contribution in [0.25, 0.3) is 16.9 Å². The number of carboxylic acid groups (broad SMARTS) is 1. The van der Waals surface area contributed by atoms with Gasteiger partial charge in [-0.1, -0.05) is 48.5 Å². The zero-order valence-electron chi connectivity index (χ0n) is 12.2. The number of carboxylic acids is 1. The van der Waals surface area contributed by atoms with Gasteiger partial charge in [-0.15, -0.1) is 0 Å². The van der Waals surface area contributed by atoms with Gasteiger partial charge in [0.1, 0.15) is 0 Å². The van der Waals surface area contributed by atoms with E-state index >= 15 is 0 Å². The van der Waals surface area contributed by atoms with Crippen LogP contribution in [-0.2, 0) is 11.2 Å². The molecule has 0 fully saturated rings. The molecule has 1 heterocycles. The lowest BCUT2D eigenvalue weighted by molar-refractivity contribution is -0.136. The minimum absolute atomic E-state index is 0.0388. The van der Waals surface area contributed by atoms with Crippen molar-refractivity contribution in [3.63, 3.8) is 0 Å². The quantitative estimate of drug-likeness (QED) is 0.801. The molecule has 0 aliphatic heterocycles. The van der Waals surface area contributed by atoms with Crippen molar-refractivity contribution in [1.29, 1.82) is 0 Å². The number of rotatable bonds is 4. The van der Waals surface area contributed by atoms with Crippen LogP contribution >= 0.6 is 0 Å². The number of benzene rings is 2. The van der Waals surface area contributed by atoms with Gasteiger partial charge in [-0.05, 0) is 19.1 Å². The van der Waals surface area contributed by atoms with Crippen LogP contribution in [0.4, 0.5) is 0 Å². The minimum Gasteiger partial charge on any atom is -0.481 e. The molecule has 1 aromatic heterocycles. The van der Waals surface area contributed by atoms with Crippen molar-refractivity contribution >= 4 is 5.97 Å². The number of hydrogen-bond acceptors (Lipinski definition) is 2. The van der Waals surface area contributed by atoms with Gasteiger partial charge in [0, 0.05) is 11.1 Å². The largest absolute Gasteiger partial charge is 0.481 e. The fourth-order valence-electron chi connectivity index (χ4n) is 2.57. The van der Waals surface area contributed by atoms with Crippen molar-refractivity contribution in [2.75, 3.05) is 0 Å². The maximum Gasteiger partial charge on any atom is 0.307 e. The third-order valence-electron chi connectivity index (χ3n) is 3.56. The SMILES string of the molecule is Cc1nn(-c2ccccc2)c(-c2ccccc2)c1CC(=O)O. The zero-order valence-corrected chi connectivity index (χ0v) is 12.2. The molecule has 0 aliphatic carbocycles. The second kappa shape index (κ2) is 5.85. The highest BCUT2D eigenvalue weighted by atomic mass is 16.4. The molecule has 0 atom stereocenters. The molecule has 4 heteroatoms. The summed E-state index contributed by atoms with van der Waals surface area (Å²) in [6.07, 6.45) is -0.0388. The van der Waals surface area contributed by atoms with Crippen LogP contribution < -0.4 is 0 Å². The molecule has 3 aromatic rings. The molecule has 3 rings (SSSR count). The van der Waals surface area contributed by atoms with E-state index in [0.29, 0.717) is 0 Å². The summed E-state index contributed by atoms with van der Waals surface area (Å²) in [5.41, 5.74) is 4.21. The molecule has 0 spiro atoms. The summed E-state index contributed by atoms with van der Waals surface area (Å²) < 4.78 is 1.82. The average Bonchev–Trinajstić information content (AvgIpc) is 2.85. The molecule has 0 aliphatic rings. The first kappa shape index (κ1) is 14.1. The summed E-state index contributed by atoms with van der Waals surface area (Å²) in [5.74, 6) is -0.854. The van der Waals surface area contributed by atoms with Gasteiger partial charge in [-0.25, -0.2) is 4.68 Å². The first-order valence-corrected chi connectivity index (χ1v) is 7.08. The van der Waals surface area contributed by atoms with E-state index < -0.39 is 5.97 Å². The molecular weight excluding hydrogens is 276 g/mol. The maximum atomic E-state index is 11.2. The number of para-hydroxylation sites is 1. The van der Waals surface area contributed by atoms with Gasteiger partial charge in [-0.2, -0.15) is 5.10 Å². The van der Waals surface area contributed by atoms with Crippen molar-refractivity contribution in [2.45, 2.75) is 13.3 Å². The van der Waals surface area contributed by atoms with E-state index in [1.54, 1.807) is 0 Å². The van der Waals surface area contributed by atoms with Crippen LogP contribution in [-0.4, -0.2) is 20.9 Å². The molecule has 22 heavy (non-hydrogen) atoms. The second-order valence-corrected chi connectivity index (χ2v) is 5.10. The van der Waals surface area contributed by atoms with Crippen molar-refractivity contribution in [1.82, 2.24) is 9.78 Å². The highest BCUT2D eigenvalue weighted by molar-refractivity contribution is 5.76. The fourth-order valence-corrected chi connectivity index (χ4v) is 2.57. The van der Waals surface area contributed by atoms with Crippen molar-refractivity contribution in [3.8, 4) is 16.9 Å². The van der Waals surface area contributed by atoms with E-state index in [2.05, 4.69) is 5.10 Å². The first-order valence-electron chi connectivity index (χ1n) is 7.08. The number of nitrogens with zero attached hydrogens (tertiary/aromatic N) is 2. The number of aromatic nitrogens is 2. The van der Waals surface area contributed by atoms with E-state index in [-0.39, 0.29) is 6.42 Å². The normalized spacial score (nSPS) is 10.6. The van der Waals surface area contributed by atoms with E-state index in [4.69, 9.17) is 0 Å². The Balaban J connectivity index is 2.25. The van der Waals surface area contributed by atoms with Crippen molar-refractivity contribution in [3.05, 3.63) is 71.9 Å². The van der Waals surface area contributed by atoms with Gasteiger partial charge in [0.25, 0.3) is 0 Å². The number of hydrogen-bond donors (Lipinski definition) is 1. The van der Waals surface area contributed by atoms with Gasteiger partial charge < -0.3 is 5.11 Å². The Labute approximate surface area is 128 Å². The molecule has 4 nitrogen and oxygen atoms in total. The van der Waals surface area contributed by atoms with Gasteiger partial charge >= 0.3 is 5.97 Å². The maximum absolute atomic E-state index is 11.2. The Hall–Kier alpha value is -2.88. The van der Waals surface area contributed by atoms with Crippen LogP contribution in [0.2, 0.25) is 0 Å². The highest BCUT2D eigenvalue weighted by Gasteiger charge is 2.19. The van der Waals surface area contributed by atoms with Gasteiger partial charge in [-0.3, -0.25) is 4.79 Å². The van der Waals surface area contributed by atoms with Crippen LogP contribution in [0, 0.1) is 6.92 Å². The molecule has 0 unspecified atom stereocenters. The van der Waals surface area contributed by atoms with Gasteiger partial charge in [0.15, 0.2) is 0 Å². The molecule has 0 radical (unpaired) electrons. The summed E-state index contributed by atoms with van der Waals surface area (Å²) in [5, 5.41) is 13.8. The van der Waals surface area contributed by atoms with Gasteiger partial charge in [0.2, 0.25) is 0 Å². The molecule has 2 aromatic carbocycles. The number of aryl methyl sites for hydroxylation is 1. The lowest BCUT2D eigenvalue weighted by atomic mass is 10.0. The molecular formula is C18H16N2O2. The second-order valence-electron chi connectivity index (χ2n) is 5.10. The lowest BCUT2D eigenvalue weighted by Crippen LogP contribution is -2.04. The zero-order chi connectivity index (χ0) is 15.5. The Bertz CT molecular complexity index is 793. The molecule has 0 saturated heterocycles. The minimum atomic E-state index is -0.854. The number of carbonyl (C=O) groups is 1. The summed E-state index contributed by atoms with van der Waals surface area (Å²) in [6.45, 7) is 1.85. The van der Waals surface area contributed by atoms with Crippen LogP contribution in [0.1, 0.15) is 11.3 Å². The fraction of sp³-hybridized carbons (Fsp3) is 0.111. The summed E-state index contributed by atoms with van der Waals surface area (Å²) >= 11 is 0. The van der Waals surface area contributed by atoms with Gasteiger partial charge in [0.05, 0.1) is 23.5 Å². The Morgan fingerprint density at radius 3 is 2.23 bits per heavy atom. The summed E-state index contributed by atoms with van der Waals surface area (Å²) in [6, 6.07) is 19.5. The molecule has 0 amide bonds. The third kappa shape index (κ3) is 2.63. The first-order chi connectivity index (χ1) is 10.7. The monoisotopic (exact) mass is 292 g/mol. The smallest absolute Gasteiger partial charge is 0.307 e. The van der Waals surface area contributed by atoms with E-state index in [1.807, 2.05) is 72.3 Å².